The summed E-state index contributed by atoms with van der Waals surface area (Å²) in [6.45, 7) is -0.0530. The molecule has 220 valence electrons. The molecule has 0 N–H and O–H groups in total. The van der Waals surface area contributed by atoms with Crippen LogP contribution in [0.2, 0.25) is 0 Å². The van der Waals surface area contributed by atoms with Crippen molar-refractivity contribution in [3.8, 4) is 11.1 Å². The van der Waals surface area contributed by atoms with E-state index >= 15 is 0 Å². The van der Waals surface area contributed by atoms with Gasteiger partial charge in [0.1, 0.15) is 11.2 Å². The summed E-state index contributed by atoms with van der Waals surface area (Å²) in [7, 11) is 0. The van der Waals surface area contributed by atoms with Gasteiger partial charge in [-0.3, -0.25) is 0 Å². The molecule has 0 amide bonds. The first-order chi connectivity index (χ1) is 23.8. The number of rotatable bonds is 1. The molecule has 3 nitrogen and oxygen atoms in total. The number of hydrogen-bond donors (Lipinski definition) is 0. The van der Waals surface area contributed by atoms with Crippen LogP contribution in [-0.2, 0) is 0 Å². The van der Waals surface area contributed by atoms with Crippen molar-refractivity contribution in [3.05, 3.63) is 152 Å². The molecule has 12 rings (SSSR count). The van der Waals surface area contributed by atoms with Gasteiger partial charge in [-0.15, -0.1) is 0 Å². The lowest BCUT2D eigenvalue weighted by molar-refractivity contribution is 0.670. The van der Waals surface area contributed by atoms with Gasteiger partial charge in [0, 0.05) is 60.8 Å². The molecular weight excluding hydrogens is 583 g/mol. The summed E-state index contributed by atoms with van der Waals surface area (Å²) in [5.41, 5.74) is 13.0. The number of benzene rings is 8. The van der Waals surface area contributed by atoms with Gasteiger partial charge in [0.05, 0.1) is 0 Å². The van der Waals surface area contributed by atoms with Gasteiger partial charge in [-0.2, -0.15) is 0 Å². The Bertz CT molecular complexity index is 3040. The molecule has 0 unspecified atom stereocenters. The number of nitrogens with zero attached hydrogens (tertiary/aromatic N) is 2. The van der Waals surface area contributed by atoms with Gasteiger partial charge >= 0.3 is 6.85 Å². The third kappa shape index (κ3) is 2.97. The van der Waals surface area contributed by atoms with Crippen LogP contribution in [0.4, 0.5) is 17.1 Å². The Kier molecular flexibility index (Phi) is 4.54. The minimum atomic E-state index is -0.0530. The minimum absolute atomic E-state index is 0.0530. The maximum absolute atomic E-state index is 6.89. The summed E-state index contributed by atoms with van der Waals surface area (Å²) in [4.78, 5) is 2.52. The Labute approximate surface area is 275 Å². The van der Waals surface area contributed by atoms with Gasteiger partial charge in [-0.1, -0.05) is 115 Å². The predicted octanol–water partition coefficient (Wildman–Crippen LogP) is 10.4. The number of para-hydroxylation sites is 3. The fraction of sp³-hybridized carbons (Fsp3) is 0. The quantitative estimate of drug-likeness (QED) is 0.173. The van der Waals surface area contributed by atoms with Crippen molar-refractivity contribution in [2.24, 2.45) is 0 Å². The standard InChI is InChI=1S/C44H25BN2O/c1-2-12-28-24-29(22-20-26(28)10-1)46-37-23-21-27-11-3-4-13-30(27)41(37)45-42-38(46)25-35-32-15-6-8-19-39(32)48-44(35)40(42)34-17-9-16-33-31-14-5-7-18-36(31)47(45)43(33)34/h1-25H. The Morgan fingerprint density at radius 1 is 0.479 bits per heavy atom. The highest BCUT2D eigenvalue weighted by atomic mass is 16.3. The second-order valence-electron chi connectivity index (χ2n) is 13.2. The molecule has 0 aliphatic carbocycles. The van der Waals surface area contributed by atoms with Crippen molar-refractivity contribution < 1.29 is 4.42 Å². The lowest BCUT2D eigenvalue weighted by Gasteiger charge is -2.41. The van der Waals surface area contributed by atoms with Crippen molar-refractivity contribution in [1.82, 2.24) is 4.48 Å². The summed E-state index contributed by atoms with van der Waals surface area (Å²) in [5, 5.41) is 9.84. The van der Waals surface area contributed by atoms with Crippen LogP contribution in [0, 0.1) is 0 Å². The first-order valence-electron chi connectivity index (χ1n) is 16.6. The normalized spacial score (nSPS) is 13.3. The van der Waals surface area contributed by atoms with Crippen LogP contribution in [0.15, 0.2) is 156 Å². The second kappa shape index (κ2) is 8.75. The van der Waals surface area contributed by atoms with Crippen LogP contribution < -0.4 is 15.8 Å². The van der Waals surface area contributed by atoms with E-state index in [4.69, 9.17) is 4.42 Å². The number of furan rings is 1. The molecule has 0 radical (unpaired) electrons. The molecule has 48 heavy (non-hydrogen) atoms. The highest BCUT2D eigenvalue weighted by Crippen LogP contribution is 2.49. The largest absolute Gasteiger partial charge is 0.455 e. The molecule has 0 bridgehead atoms. The Morgan fingerprint density at radius 2 is 1.21 bits per heavy atom. The maximum Gasteiger partial charge on any atom is 0.333 e. The Morgan fingerprint density at radius 3 is 2.12 bits per heavy atom. The zero-order valence-electron chi connectivity index (χ0n) is 25.8. The summed E-state index contributed by atoms with van der Waals surface area (Å²) in [6.07, 6.45) is 0. The average molecular weight is 609 g/mol. The summed E-state index contributed by atoms with van der Waals surface area (Å²) >= 11 is 0. The van der Waals surface area contributed by atoms with E-state index in [1.807, 2.05) is 0 Å². The van der Waals surface area contributed by atoms with E-state index in [1.54, 1.807) is 0 Å². The van der Waals surface area contributed by atoms with Crippen molar-refractivity contribution in [1.29, 1.82) is 0 Å². The van der Waals surface area contributed by atoms with Gasteiger partial charge in [0.25, 0.3) is 0 Å². The highest BCUT2D eigenvalue weighted by Gasteiger charge is 2.45. The average Bonchev–Trinajstić information content (AvgIpc) is 3.69. The van der Waals surface area contributed by atoms with Gasteiger partial charge in [0.2, 0.25) is 0 Å². The van der Waals surface area contributed by atoms with Gasteiger partial charge < -0.3 is 13.8 Å². The van der Waals surface area contributed by atoms with Crippen LogP contribution in [0.1, 0.15) is 0 Å². The monoisotopic (exact) mass is 608 g/mol. The molecule has 10 aromatic rings. The Balaban J connectivity index is 1.34. The number of aromatic nitrogens is 1. The fourth-order valence-electron chi connectivity index (χ4n) is 9.00. The molecule has 4 heterocycles. The molecule has 2 aliphatic rings. The van der Waals surface area contributed by atoms with Crippen LogP contribution in [0.3, 0.4) is 0 Å². The first kappa shape index (κ1) is 24.9. The van der Waals surface area contributed by atoms with Crippen molar-refractivity contribution in [2.75, 3.05) is 4.90 Å². The van der Waals surface area contributed by atoms with E-state index in [-0.39, 0.29) is 6.85 Å². The maximum atomic E-state index is 6.89. The fourth-order valence-corrected chi connectivity index (χ4v) is 9.00. The minimum Gasteiger partial charge on any atom is -0.455 e. The SMILES string of the molecule is c1ccc2cc(N3c4cc5c(oc6ccccc65)c5c4B(c4c3ccc3ccccc43)n3c4ccccc4c4cccc-5c43)ccc2c1. The van der Waals surface area contributed by atoms with Crippen molar-refractivity contribution in [2.45, 2.75) is 0 Å². The number of hydrogen-bond acceptors (Lipinski definition) is 2. The first-order valence-corrected chi connectivity index (χ1v) is 16.6. The molecule has 2 aromatic heterocycles. The molecule has 0 saturated carbocycles. The molecule has 0 spiro atoms. The van der Waals surface area contributed by atoms with E-state index in [0.29, 0.717) is 0 Å². The van der Waals surface area contributed by atoms with Crippen LogP contribution >= 0.6 is 0 Å². The predicted molar refractivity (Wildman–Crippen MR) is 202 cm³/mol. The smallest absolute Gasteiger partial charge is 0.333 e. The van der Waals surface area contributed by atoms with E-state index in [0.717, 1.165) is 27.6 Å². The number of anilines is 3. The highest BCUT2D eigenvalue weighted by molar-refractivity contribution is 6.92. The van der Waals surface area contributed by atoms with E-state index < -0.39 is 0 Å². The zero-order valence-corrected chi connectivity index (χ0v) is 25.8. The Hall–Kier alpha value is -6.26. The molecule has 8 aromatic carbocycles. The van der Waals surface area contributed by atoms with E-state index in [2.05, 4.69) is 161 Å². The third-order valence-electron chi connectivity index (χ3n) is 10.9. The van der Waals surface area contributed by atoms with Gasteiger partial charge in [-0.05, 0) is 68.9 Å². The van der Waals surface area contributed by atoms with Crippen molar-refractivity contribution in [3.63, 3.8) is 0 Å². The summed E-state index contributed by atoms with van der Waals surface area (Å²) in [5.74, 6) is 0. The lowest BCUT2D eigenvalue weighted by Crippen LogP contribution is -2.57. The summed E-state index contributed by atoms with van der Waals surface area (Å²) < 4.78 is 9.52. The van der Waals surface area contributed by atoms with Crippen LogP contribution in [0.25, 0.3) is 76.4 Å². The molecule has 4 heteroatoms. The lowest BCUT2D eigenvalue weighted by atomic mass is 9.44. The topological polar surface area (TPSA) is 21.3 Å². The molecule has 2 aliphatic heterocycles. The van der Waals surface area contributed by atoms with E-state index in [1.165, 1.54) is 76.8 Å². The number of fused-ring (bicyclic) bond motifs is 14. The third-order valence-corrected chi connectivity index (χ3v) is 10.9. The molecule has 0 fully saturated rings. The van der Waals surface area contributed by atoms with Crippen LogP contribution in [-0.4, -0.2) is 11.3 Å². The van der Waals surface area contributed by atoms with Gasteiger partial charge in [-0.25, -0.2) is 0 Å². The van der Waals surface area contributed by atoms with Gasteiger partial charge in [0.15, 0.2) is 0 Å². The molecule has 0 saturated heterocycles. The zero-order chi connectivity index (χ0) is 31.1. The molecule has 0 atom stereocenters. The summed E-state index contributed by atoms with van der Waals surface area (Å²) in [6, 6.07) is 55.7. The van der Waals surface area contributed by atoms with Crippen molar-refractivity contribution >= 4 is 100 Å². The molecular formula is C44H25BN2O. The van der Waals surface area contributed by atoms with E-state index in [9.17, 15) is 0 Å². The van der Waals surface area contributed by atoms with Crippen LogP contribution in [0.5, 0.6) is 0 Å². The second-order valence-corrected chi connectivity index (χ2v) is 13.2.